The summed E-state index contributed by atoms with van der Waals surface area (Å²) in [6.07, 6.45) is 7.02. The molecule has 1 saturated carbocycles. The number of furan rings is 1. The zero-order chi connectivity index (χ0) is 24.5. The molecule has 0 spiro atoms. The van der Waals surface area contributed by atoms with Crippen molar-refractivity contribution in [1.29, 1.82) is 0 Å². The van der Waals surface area contributed by atoms with Crippen LogP contribution in [0.25, 0.3) is 11.1 Å². The molecule has 3 N–H and O–H groups in total. The monoisotopic (exact) mass is 490 g/mol. The minimum absolute atomic E-state index is 0.119. The van der Waals surface area contributed by atoms with Crippen LogP contribution in [0.1, 0.15) is 33.8 Å². The van der Waals surface area contributed by atoms with Gasteiger partial charge in [0.25, 0.3) is 5.91 Å². The lowest BCUT2D eigenvalue weighted by Gasteiger charge is -2.41. The van der Waals surface area contributed by atoms with E-state index in [9.17, 15) is 19.5 Å². The van der Waals surface area contributed by atoms with Crippen molar-refractivity contribution in [2.24, 2.45) is 23.7 Å². The van der Waals surface area contributed by atoms with Crippen LogP contribution < -0.4 is 10.6 Å². The number of aliphatic carboxylic acids is 1. The van der Waals surface area contributed by atoms with Gasteiger partial charge in [0, 0.05) is 10.4 Å². The number of anilines is 1. The highest BCUT2D eigenvalue weighted by Crippen LogP contribution is 2.46. The van der Waals surface area contributed by atoms with Gasteiger partial charge in [-0.1, -0.05) is 42.5 Å². The Hall–Kier alpha value is -3.65. The fraction of sp³-hybridized carbons (Fsp3) is 0.296. The zero-order valence-corrected chi connectivity index (χ0v) is 20.0. The first-order chi connectivity index (χ1) is 16.9. The van der Waals surface area contributed by atoms with Crippen molar-refractivity contribution < 1.29 is 23.9 Å². The van der Waals surface area contributed by atoms with Gasteiger partial charge in [-0.3, -0.25) is 14.4 Å². The minimum Gasteiger partial charge on any atom is -0.481 e. The molecule has 35 heavy (non-hydrogen) atoms. The van der Waals surface area contributed by atoms with E-state index < -0.39 is 17.8 Å². The average molecular weight is 491 g/mol. The number of carboxylic acids is 1. The van der Waals surface area contributed by atoms with Crippen LogP contribution >= 0.6 is 11.3 Å². The summed E-state index contributed by atoms with van der Waals surface area (Å²) in [4.78, 5) is 39.9. The molecule has 4 atom stereocenters. The number of aryl methyl sites for hydroxylation is 1. The Kier molecular flexibility index (Phi) is 6.30. The smallest absolute Gasteiger partial charge is 0.307 e. The Balaban J connectivity index is 1.48. The minimum atomic E-state index is -0.951. The van der Waals surface area contributed by atoms with Gasteiger partial charge in [-0.15, -0.1) is 11.3 Å². The third-order valence-electron chi connectivity index (χ3n) is 6.95. The van der Waals surface area contributed by atoms with Crippen molar-refractivity contribution in [3.63, 3.8) is 0 Å². The largest absolute Gasteiger partial charge is 0.481 e. The molecular formula is C27H26N2O5S. The van der Waals surface area contributed by atoms with Crippen LogP contribution in [0.15, 0.2) is 65.3 Å². The molecule has 2 bridgehead atoms. The van der Waals surface area contributed by atoms with Crippen LogP contribution in [0, 0.1) is 30.6 Å². The molecule has 1 fully saturated rings. The van der Waals surface area contributed by atoms with Crippen LogP contribution in [0.3, 0.4) is 0 Å². The third kappa shape index (κ3) is 4.41. The Labute approximate surface area is 206 Å². The maximum Gasteiger partial charge on any atom is 0.307 e. The van der Waals surface area contributed by atoms with Crippen LogP contribution in [0.2, 0.25) is 0 Å². The van der Waals surface area contributed by atoms with E-state index in [1.165, 1.54) is 11.3 Å². The zero-order valence-electron chi connectivity index (χ0n) is 19.2. The van der Waals surface area contributed by atoms with Gasteiger partial charge in [-0.25, -0.2) is 0 Å². The molecule has 3 aliphatic carbocycles. The summed E-state index contributed by atoms with van der Waals surface area (Å²) in [5, 5.41) is 16.1. The highest BCUT2D eigenvalue weighted by atomic mass is 32.1. The van der Waals surface area contributed by atoms with E-state index in [0.717, 1.165) is 28.8 Å². The Morgan fingerprint density at radius 3 is 2.37 bits per heavy atom. The molecule has 3 aromatic rings. The van der Waals surface area contributed by atoms with Gasteiger partial charge in [0.2, 0.25) is 5.91 Å². The summed E-state index contributed by atoms with van der Waals surface area (Å²) in [6, 6.07) is 13.1. The van der Waals surface area contributed by atoms with Gasteiger partial charge in [0.15, 0.2) is 0 Å². The lowest BCUT2D eigenvalue weighted by Crippen LogP contribution is -2.47. The Morgan fingerprint density at radius 1 is 1.03 bits per heavy atom. The summed E-state index contributed by atoms with van der Waals surface area (Å²) in [6.45, 7) is 2.12. The first-order valence-corrected chi connectivity index (χ1v) is 12.5. The number of thiophene rings is 1. The van der Waals surface area contributed by atoms with E-state index in [1.807, 2.05) is 49.4 Å². The van der Waals surface area contributed by atoms with Crippen LogP contribution in [0.5, 0.6) is 0 Å². The number of nitrogens with one attached hydrogen (secondary N) is 2. The number of fused-ring (bicyclic) bond motifs is 2. The second-order valence-electron chi connectivity index (χ2n) is 9.03. The van der Waals surface area contributed by atoms with Gasteiger partial charge in [0.05, 0.1) is 30.2 Å². The molecule has 2 amide bonds. The normalized spacial score (nSPS) is 22.7. The van der Waals surface area contributed by atoms with Crippen molar-refractivity contribution in [2.45, 2.75) is 26.3 Å². The molecule has 8 heteroatoms. The lowest BCUT2D eigenvalue weighted by atomic mass is 9.62. The van der Waals surface area contributed by atoms with Crippen molar-refractivity contribution in [1.82, 2.24) is 5.32 Å². The average Bonchev–Trinajstić information content (AvgIpc) is 3.50. The second kappa shape index (κ2) is 9.54. The summed E-state index contributed by atoms with van der Waals surface area (Å²) >= 11 is 1.33. The Bertz CT molecular complexity index is 1280. The number of allylic oxidation sites excluding steroid dienone is 2. The number of carbonyl (C=O) groups excluding carboxylic acids is 2. The Morgan fingerprint density at radius 2 is 1.74 bits per heavy atom. The molecule has 2 aromatic heterocycles. The third-order valence-corrected chi connectivity index (χ3v) is 7.97. The van der Waals surface area contributed by atoms with E-state index in [4.69, 9.17) is 4.42 Å². The van der Waals surface area contributed by atoms with Gasteiger partial charge in [0.1, 0.15) is 10.8 Å². The topological polar surface area (TPSA) is 109 Å². The number of carbonyl (C=O) groups is 3. The van der Waals surface area contributed by atoms with E-state index in [0.29, 0.717) is 16.3 Å². The number of benzene rings is 1. The maximum absolute atomic E-state index is 13.5. The summed E-state index contributed by atoms with van der Waals surface area (Å²) in [7, 11) is 0. The fourth-order valence-electron chi connectivity index (χ4n) is 5.35. The molecule has 6 rings (SSSR count). The second-order valence-corrected chi connectivity index (χ2v) is 10.3. The molecule has 2 heterocycles. The van der Waals surface area contributed by atoms with Crippen molar-refractivity contribution >= 4 is 34.1 Å². The molecule has 180 valence electrons. The van der Waals surface area contributed by atoms with Crippen LogP contribution in [-0.4, -0.2) is 22.9 Å². The van der Waals surface area contributed by atoms with E-state index in [-0.39, 0.29) is 30.2 Å². The van der Waals surface area contributed by atoms with Crippen molar-refractivity contribution in [2.75, 3.05) is 5.32 Å². The van der Waals surface area contributed by atoms with Gasteiger partial charge >= 0.3 is 5.97 Å². The molecule has 0 unspecified atom stereocenters. The number of amides is 2. The van der Waals surface area contributed by atoms with Crippen molar-refractivity contribution in [3.8, 4) is 11.1 Å². The highest BCUT2D eigenvalue weighted by Gasteiger charge is 2.48. The van der Waals surface area contributed by atoms with E-state index >= 15 is 0 Å². The van der Waals surface area contributed by atoms with Crippen molar-refractivity contribution in [3.05, 3.63) is 77.1 Å². The van der Waals surface area contributed by atoms with Crippen LogP contribution in [0.4, 0.5) is 5.00 Å². The number of rotatable bonds is 7. The molecule has 0 saturated heterocycles. The van der Waals surface area contributed by atoms with Gasteiger partial charge in [-0.2, -0.15) is 0 Å². The lowest BCUT2D eigenvalue weighted by molar-refractivity contribution is -0.151. The number of carboxylic acid groups (broad SMARTS) is 1. The van der Waals surface area contributed by atoms with Gasteiger partial charge in [-0.05, 0) is 49.3 Å². The van der Waals surface area contributed by atoms with E-state index in [2.05, 4.69) is 10.6 Å². The number of hydrogen-bond donors (Lipinski definition) is 3. The summed E-state index contributed by atoms with van der Waals surface area (Å²) in [5.74, 6) is -2.71. The SMILES string of the molecule is Cc1sc(NC(=O)[C@H]2[C@@H](C(=O)O)[C@H]3C=C[C@H]2CC3)c(C(=O)NCc2ccco2)c1-c1ccccc1. The quantitative estimate of drug-likeness (QED) is 0.400. The first kappa shape index (κ1) is 23.1. The fourth-order valence-corrected chi connectivity index (χ4v) is 6.43. The number of hydrogen-bond acceptors (Lipinski definition) is 5. The van der Waals surface area contributed by atoms with Gasteiger partial charge < -0.3 is 20.2 Å². The molecule has 0 aliphatic heterocycles. The molecule has 0 radical (unpaired) electrons. The predicted molar refractivity (Wildman–Crippen MR) is 133 cm³/mol. The molecular weight excluding hydrogens is 464 g/mol. The predicted octanol–water partition coefficient (Wildman–Crippen LogP) is 5.10. The molecule has 1 aromatic carbocycles. The highest BCUT2D eigenvalue weighted by molar-refractivity contribution is 7.17. The first-order valence-electron chi connectivity index (χ1n) is 11.7. The summed E-state index contributed by atoms with van der Waals surface area (Å²) in [5.41, 5.74) is 2.00. The molecule has 3 aliphatic rings. The standard InChI is InChI=1S/C27H26N2O5S/c1-15-20(16-6-3-2-4-7-16)23(24(30)28-14-19-8-5-13-34-19)26(35-15)29-25(31)21-17-9-11-18(12-10-17)22(21)27(32)33/h2-9,11,13,17-18,21-22H,10,12,14H2,1H3,(H,28,30)(H,29,31)(H,32,33)/t17-,18-,21+,22-/m0/s1. The molecule has 7 nitrogen and oxygen atoms in total. The maximum atomic E-state index is 13.5. The van der Waals surface area contributed by atoms with E-state index in [1.54, 1.807) is 18.4 Å². The summed E-state index contributed by atoms with van der Waals surface area (Å²) < 4.78 is 5.33. The van der Waals surface area contributed by atoms with Crippen LogP contribution in [-0.2, 0) is 16.1 Å².